The number of aromatic nitrogens is 1. The Kier molecular flexibility index (Phi) is 5.97. The first-order chi connectivity index (χ1) is 17.1. The molecule has 2 bridgehead atoms. The van der Waals surface area contributed by atoms with Gasteiger partial charge in [0, 0.05) is 60.2 Å². The van der Waals surface area contributed by atoms with Gasteiger partial charge in [-0.3, -0.25) is 19.7 Å². The number of pyridine rings is 1. The third kappa shape index (κ3) is 4.31. The summed E-state index contributed by atoms with van der Waals surface area (Å²) in [5.41, 5.74) is 1.60. The highest BCUT2D eigenvalue weighted by Gasteiger charge is 2.39. The van der Waals surface area contributed by atoms with Crippen molar-refractivity contribution in [2.75, 3.05) is 18.4 Å². The highest BCUT2D eigenvalue weighted by molar-refractivity contribution is 7.89. The molecule has 3 heterocycles. The quantitative estimate of drug-likeness (QED) is 0.416. The number of nitrogens with one attached hydrogen (secondary N) is 1. The fourth-order valence-corrected chi connectivity index (χ4v) is 6.62. The zero-order valence-corrected chi connectivity index (χ0v) is 20.3. The van der Waals surface area contributed by atoms with Crippen molar-refractivity contribution in [3.05, 3.63) is 98.0 Å². The van der Waals surface area contributed by atoms with Crippen molar-refractivity contribution in [2.45, 2.75) is 30.7 Å². The molecule has 1 saturated heterocycles. The van der Waals surface area contributed by atoms with Gasteiger partial charge in [0.15, 0.2) is 0 Å². The van der Waals surface area contributed by atoms with E-state index in [1.54, 1.807) is 17.6 Å². The zero-order chi connectivity index (χ0) is 25.6. The van der Waals surface area contributed by atoms with Crippen LogP contribution in [0.1, 0.15) is 34.0 Å². The Morgan fingerprint density at radius 2 is 1.81 bits per heavy atom. The van der Waals surface area contributed by atoms with Crippen LogP contribution in [0.3, 0.4) is 0 Å². The third-order valence-corrected chi connectivity index (χ3v) is 8.71. The fourth-order valence-electron chi connectivity index (χ4n) is 5.06. The van der Waals surface area contributed by atoms with Gasteiger partial charge in [-0.05, 0) is 55.7 Å². The van der Waals surface area contributed by atoms with E-state index in [4.69, 9.17) is 0 Å². The number of hydrogen-bond donors (Lipinski definition) is 1. The minimum absolute atomic E-state index is 0.0432. The number of nitro benzene ring substituents is 1. The van der Waals surface area contributed by atoms with E-state index in [0.29, 0.717) is 30.9 Å². The van der Waals surface area contributed by atoms with Crippen molar-refractivity contribution in [3.63, 3.8) is 0 Å². The summed E-state index contributed by atoms with van der Waals surface area (Å²) >= 11 is 0. The lowest BCUT2D eigenvalue weighted by atomic mass is 9.84. The van der Waals surface area contributed by atoms with Crippen LogP contribution in [-0.2, 0) is 16.6 Å². The molecular weight excluding hydrogens is 484 g/mol. The van der Waals surface area contributed by atoms with E-state index in [0.717, 1.165) is 12.1 Å². The fraction of sp³-hybridized carbons (Fsp3) is 0.280. The van der Waals surface area contributed by atoms with E-state index in [-0.39, 0.29) is 33.5 Å². The van der Waals surface area contributed by atoms with Gasteiger partial charge in [0.2, 0.25) is 10.0 Å². The molecule has 11 heteroatoms. The molecule has 3 aromatic rings. The van der Waals surface area contributed by atoms with Crippen molar-refractivity contribution in [1.29, 1.82) is 0 Å². The number of carbonyl (C=O) groups is 1. The number of fused-ring (bicyclic) bond motifs is 4. The third-order valence-electron chi connectivity index (χ3n) is 6.86. The Balaban J connectivity index is 1.32. The number of aryl methyl sites for hydroxylation is 1. The Hall–Kier alpha value is -3.83. The predicted molar refractivity (Wildman–Crippen MR) is 133 cm³/mol. The number of anilines is 1. The molecule has 5 rings (SSSR count). The van der Waals surface area contributed by atoms with Crippen LogP contribution < -0.4 is 10.9 Å². The van der Waals surface area contributed by atoms with Crippen molar-refractivity contribution in [1.82, 2.24) is 8.87 Å². The largest absolute Gasteiger partial charge is 0.322 e. The van der Waals surface area contributed by atoms with E-state index in [9.17, 15) is 28.1 Å². The van der Waals surface area contributed by atoms with Crippen molar-refractivity contribution in [2.24, 2.45) is 5.92 Å². The molecule has 0 radical (unpaired) electrons. The van der Waals surface area contributed by atoms with E-state index >= 15 is 0 Å². The smallest absolute Gasteiger partial charge is 0.273 e. The molecule has 2 aliphatic heterocycles. The van der Waals surface area contributed by atoms with Crippen LogP contribution in [0.25, 0.3) is 0 Å². The lowest BCUT2D eigenvalue weighted by Gasteiger charge is -2.42. The number of amides is 1. The molecule has 10 nitrogen and oxygen atoms in total. The molecule has 186 valence electrons. The number of hydrogen-bond acceptors (Lipinski definition) is 6. The predicted octanol–water partition coefficient (Wildman–Crippen LogP) is 3.13. The van der Waals surface area contributed by atoms with Crippen LogP contribution in [0.5, 0.6) is 0 Å². The molecule has 2 atom stereocenters. The Labute approximate surface area is 207 Å². The van der Waals surface area contributed by atoms with Crippen LogP contribution in [0, 0.1) is 23.0 Å². The molecule has 1 aromatic heterocycles. The van der Waals surface area contributed by atoms with E-state index in [2.05, 4.69) is 5.32 Å². The molecule has 2 aromatic carbocycles. The van der Waals surface area contributed by atoms with Gasteiger partial charge < -0.3 is 9.88 Å². The molecule has 36 heavy (non-hydrogen) atoms. The second-order valence-corrected chi connectivity index (χ2v) is 11.2. The maximum Gasteiger partial charge on any atom is 0.273 e. The second-order valence-electron chi connectivity index (χ2n) is 9.26. The van der Waals surface area contributed by atoms with Crippen LogP contribution in [0.2, 0.25) is 0 Å². The van der Waals surface area contributed by atoms with Gasteiger partial charge >= 0.3 is 0 Å². The van der Waals surface area contributed by atoms with Crippen LogP contribution >= 0.6 is 0 Å². The van der Waals surface area contributed by atoms with Crippen molar-refractivity contribution < 1.29 is 18.1 Å². The van der Waals surface area contributed by atoms with E-state index in [1.807, 2.05) is 6.07 Å². The number of nitrogens with zero attached hydrogens (tertiary/aromatic N) is 3. The van der Waals surface area contributed by atoms with Crippen molar-refractivity contribution >= 4 is 27.3 Å². The van der Waals surface area contributed by atoms with Gasteiger partial charge in [-0.2, -0.15) is 4.31 Å². The minimum atomic E-state index is -3.78. The number of benzene rings is 2. The van der Waals surface area contributed by atoms with Gasteiger partial charge in [0.1, 0.15) is 0 Å². The number of nitro groups is 1. The highest BCUT2D eigenvalue weighted by Crippen LogP contribution is 2.37. The molecule has 0 spiro atoms. The molecule has 0 aliphatic carbocycles. The first kappa shape index (κ1) is 23.9. The molecule has 1 fully saturated rings. The first-order valence-electron chi connectivity index (χ1n) is 11.5. The normalized spacial score (nSPS) is 19.4. The Bertz CT molecular complexity index is 1530. The van der Waals surface area contributed by atoms with Crippen molar-refractivity contribution in [3.8, 4) is 0 Å². The lowest BCUT2D eigenvalue weighted by Crippen LogP contribution is -2.48. The maximum atomic E-state index is 13.4. The van der Waals surface area contributed by atoms with Crippen LogP contribution in [0.4, 0.5) is 11.4 Å². The van der Waals surface area contributed by atoms with Crippen LogP contribution in [0.15, 0.2) is 70.4 Å². The van der Waals surface area contributed by atoms with Gasteiger partial charge in [-0.25, -0.2) is 8.42 Å². The Morgan fingerprint density at radius 3 is 2.53 bits per heavy atom. The van der Waals surface area contributed by atoms with Gasteiger partial charge in [-0.1, -0.05) is 12.1 Å². The second kappa shape index (κ2) is 8.99. The Morgan fingerprint density at radius 1 is 1.06 bits per heavy atom. The number of sulfonamides is 1. The van der Waals surface area contributed by atoms with Gasteiger partial charge in [-0.15, -0.1) is 0 Å². The molecule has 1 amide bonds. The SMILES string of the molecule is Cc1ccc(C(=O)Nc2ccc(S(=O)(=O)N3CC4CC(C3)c3cccc(=O)n3C4)cc2)cc1[N+](=O)[O-]. The summed E-state index contributed by atoms with van der Waals surface area (Å²) in [7, 11) is -3.78. The van der Waals surface area contributed by atoms with E-state index in [1.165, 1.54) is 52.8 Å². The van der Waals surface area contributed by atoms with Gasteiger partial charge in [0.05, 0.1) is 9.82 Å². The molecular formula is C25H24N4O6S. The lowest BCUT2D eigenvalue weighted by molar-refractivity contribution is -0.385. The van der Waals surface area contributed by atoms with Crippen LogP contribution in [-0.4, -0.2) is 41.2 Å². The molecule has 0 saturated carbocycles. The summed E-state index contributed by atoms with van der Waals surface area (Å²) in [5.74, 6) is -0.520. The standard InChI is InChI=1S/C25H24N4O6S/c1-16-5-6-18(12-23(16)29(32)33)25(31)26-20-7-9-21(10-8-20)36(34,35)27-13-17-11-19(15-27)22-3-2-4-24(30)28(22)14-17/h2-10,12,17,19H,11,13-15H2,1H3,(H,26,31). The summed E-state index contributed by atoms with van der Waals surface area (Å²) in [5, 5.41) is 13.8. The number of carbonyl (C=O) groups excluding carboxylic acids is 1. The molecule has 2 aliphatic rings. The number of piperidine rings is 1. The average molecular weight is 509 g/mol. The maximum absolute atomic E-state index is 13.4. The summed E-state index contributed by atoms with van der Waals surface area (Å²) in [6.07, 6.45) is 0.845. The average Bonchev–Trinajstić information content (AvgIpc) is 2.85. The van der Waals surface area contributed by atoms with Gasteiger partial charge in [0.25, 0.3) is 17.2 Å². The highest BCUT2D eigenvalue weighted by atomic mass is 32.2. The number of rotatable bonds is 5. The minimum Gasteiger partial charge on any atom is -0.322 e. The first-order valence-corrected chi connectivity index (χ1v) is 12.9. The molecule has 1 N–H and O–H groups in total. The molecule has 2 unspecified atom stereocenters. The summed E-state index contributed by atoms with van der Waals surface area (Å²) in [4.78, 5) is 35.5. The monoisotopic (exact) mass is 508 g/mol. The van der Waals surface area contributed by atoms with E-state index < -0.39 is 20.9 Å². The summed E-state index contributed by atoms with van der Waals surface area (Å²) in [6, 6.07) is 15.2. The zero-order valence-electron chi connectivity index (χ0n) is 19.5. The summed E-state index contributed by atoms with van der Waals surface area (Å²) in [6.45, 7) is 2.73. The topological polar surface area (TPSA) is 132 Å². The summed E-state index contributed by atoms with van der Waals surface area (Å²) < 4.78 is 30.0.